The van der Waals surface area contributed by atoms with Gasteiger partial charge in [-0.05, 0) is 11.1 Å². The van der Waals surface area contributed by atoms with Gasteiger partial charge in [0.2, 0.25) is 5.43 Å². The number of hydrogen-bond donors (Lipinski definition) is 1. The van der Waals surface area contributed by atoms with Crippen LogP contribution < -0.4 is 10.2 Å². The fourth-order valence-corrected chi connectivity index (χ4v) is 3.30. The number of nitrogens with zero attached hydrogens (tertiary/aromatic N) is 1. The average molecular weight is 390 g/mol. The first-order valence-electron chi connectivity index (χ1n) is 9.56. The number of ether oxygens (including phenoxy) is 2. The zero-order valence-corrected chi connectivity index (χ0v) is 15.9. The van der Waals surface area contributed by atoms with Crippen LogP contribution in [0.1, 0.15) is 27.7 Å². The van der Waals surface area contributed by atoms with E-state index < -0.39 is 0 Å². The smallest absolute Gasteiger partial charge is 0.270 e. The second-order valence-corrected chi connectivity index (χ2v) is 6.87. The van der Waals surface area contributed by atoms with Crippen molar-refractivity contribution in [2.45, 2.75) is 12.7 Å². The average Bonchev–Trinajstić information content (AvgIpc) is 2.79. The van der Waals surface area contributed by atoms with Crippen molar-refractivity contribution in [2.24, 2.45) is 0 Å². The van der Waals surface area contributed by atoms with E-state index in [1.807, 2.05) is 60.7 Å². The van der Waals surface area contributed by atoms with E-state index >= 15 is 0 Å². The maximum absolute atomic E-state index is 12.9. The van der Waals surface area contributed by atoms with E-state index in [0.717, 1.165) is 11.1 Å². The van der Waals surface area contributed by atoms with Crippen LogP contribution in [0.3, 0.4) is 0 Å². The zero-order chi connectivity index (χ0) is 20.1. The molecule has 148 valence electrons. The van der Waals surface area contributed by atoms with Gasteiger partial charge in [-0.2, -0.15) is 0 Å². The summed E-state index contributed by atoms with van der Waals surface area (Å²) < 4.78 is 11.4. The molecule has 6 heteroatoms. The quantitative estimate of drug-likeness (QED) is 0.726. The predicted molar refractivity (Wildman–Crippen MR) is 109 cm³/mol. The Bertz CT molecular complexity index is 1020. The molecule has 1 amide bonds. The van der Waals surface area contributed by atoms with Gasteiger partial charge in [0.25, 0.3) is 5.91 Å². The fraction of sp³-hybridized carbons (Fsp3) is 0.217. The first kappa shape index (κ1) is 19.0. The van der Waals surface area contributed by atoms with Crippen molar-refractivity contribution in [3.63, 3.8) is 0 Å². The van der Waals surface area contributed by atoms with Crippen LogP contribution in [0.15, 0.2) is 77.7 Å². The highest BCUT2D eigenvalue weighted by Gasteiger charge is 2.26. The van der Waals surface area contributed by atoms with Crippen molar-refractivity contribution in [3.05, 3.63) is 100.0 Å². The van der Waals surface area contributed by atoms with Gasteiger partial charge in [0.15, 0.2) is 5.75 Å². The van der Waals surface area contributed by atoms with E-state index in [1.54, 1.807) is 4.90 Å². The van der Waals surface area contributed by atoms with Gasteiger partial charge in [0.1, 0.15) is 18.4 Å². The van der Waals surface area contributed by atoms with E-state index in [-0.39, 0.29) is 28.9 Å². The van der Waals surface area contributed by atoms with Crippen molar-refractivity contribution >= 4 is 5.91 Å². The van der Waals surface area contributed by atoms with Crippen LogP contribution in [0, 0.1) is 0 Å². The minimum absolute atomic E-state index is 0.172. The van der Waals surface area contributed by atoms with E-state index in [1.165, 1.54) is 12.3 Å². The van der Waals surface area contributed by atoms with Gasteiger partial charge in [0, 0.05) is 18.8 Å². The molecule has 0 saturated carbocycles. The number of H-pyrrole nitrogens is 1. The maximum Gasteiger partial charge on any atom is 0.270 e. The summed E-state index contributed by atoms with van der Waals surface area (Å²) in [5, 5.41) is 0. The molecule has 1 fully saturated rings. The van der Waals surface area contributed by atoms with Gasteiger partial charge in [0.05, 0.1) is 13.2 Å². The molecule has 1 aromatic heterocycles. The third-order valence-corrected chi connectivity index (χ3v) is 4.87. The largest absolute Gasteiger partial charge is 0.483 e. The number of aromatic nitrogens is 1. The lowest BCUT2D eigenvalue weighted by molar-refractivity contribution is -0.0230. The molecule has 0 aliphatic carbocycles. The summed E-state index contributed by atoms with van der Waals surface area (Å²) in [6, 6.07) is 20.7. The fourth-order valence-electron chi connectivity index (χ4n) is 3.30. The Hall–Kier alpha value is -3.38. The molecule has 29 heavy (non-hydrogen) atoms. The highest BCUT2D eigenvalue weighted by atomic mass is 16.5. The lowest BCUT2D eigenvalue weighted by Gasteiger charge is -2.33. The SMILES string of the molecule is O=C(c1cc(=O)c(OCc2ccccc2)c[nH]1)N1CCO[C@H](c2ccccc2)C1. The highest BCUT2D eigenvalue weighted by Crippen LogP contribution is 2.22. The van der Waals surface area contributed by atoms with Crippen LogP contribution in [0.5, 0.6) is 5.75 Å². The van der Waals surface area contributed by atoms with Gasteiger partial charge < -0.3 is 19.4 Å². The minimum Gasteiger partial charge on any atom is -0.483 e. The molecule has 4 rings (SSSR count). The Morgan fingerprint density at radius 1 is 1.10 bits per heavy atom. The number of nitrogens with one attached hydrogen (secondary N) is 1. The topological polar surface area (TPSA) is 71.6 Å². The molecule has 3 aromatic rings. The Morgan fingerprint density at radius 3 is 2.55 bits per heavy atom. The third-order valence-electron chi connectivity index (χ3n) is 4.87. The number of carbonyl (C=O) groups is 1. The summed E-state index contributed by atoms with van der Waals surface area (Å²) >= 11 is 0. The zero-order valence-electron chi connectivity index (χ0n) is 15.9. The van der Waals surface area contributed by atoms with Gasteiger partial charge in [-0.25, -0.2) is 0 Å². The van der Waals surface area contributed by atoms with Crippen molar-refractivity contribution in [3.8, 4) is 5.75 Å². The molecule has 0 radical (unpaired) electrons. The normalized spacial score (nSPS) is 16.4. The van der Waals surface area contributed by atoms with E-state index in [4.69, 9.17) is 9.47 Å². The van der Waals surface area contributed by atoms with Crippen molar-refractivity contribution in [1.82, 2.24) is 9.88 Å². The number of hydrogen-bond acceptors (Lipinski definition) is 4. The first-order chi connectivity index (χ1) is 14.2. The molecule has 1 saturated heterocycles. The Kier molecular flexibility index (Phi) is 5.72. The summed E-state index contributed by atoms with van der Waals surface area (Å²) in [6.45, 7) is 1.67. The predicted octanol–water partition coefficient (Wildman–Crippen LogP) is 3.17. The van der Waals surface area contributed by atoms with Gasteiger partial charge in [-0.1, -0.05) is 60.7 Å². The summed E-state index contributed by atoms with van der Waals surface area (Å²) in [7, 11) is 0. The Morgan fingerprint density at radius 2 is 1.83 bits per heavy atom. The summed E-state index contributed by atoms with van der Waals surface area (Å²) in [4.78, 5) is 29.9. The van der Waals surface area contributed by atoms with E-state index in [0.29, 0.717) is 26.3 Å². The number of benzene rings is 2. The standard InChI is InChI=1S/C23H22N2O4/c26-20-13-19(24-14-21(20)29-16-17-7-3-1-4-8-17)23(27)25-11-12-28-22(15-25)18-9-5-2-6-10-18/h1-10,13-14,22H,11-12,15-16H2,(H,24,26)/t22-/m0/s1. The van der Waals surface area contributed by atoms with E-state index in [2.05, 4.69) is 4.98 Å². The third kappa shape index (κ3) is 4.55. The molecule has 1 atom stereocenters. The molecule has 0 bridgehead atoms. The van der Waals surface area contributed by atoms with Gasteiger partial charge >= 0.3 is 0 Å². The summed E-state index contributed by atoms with van der Waals surface area (Å²) in [5.41, 5.74) is 1.92. The Labute approximate surface area is 168 Å². The summed E-state index contributed by atoms with van der Waals surface area (Å²) in [6.07, 6.45) is 1.28. The molecule has 2 aromatic carbocycles. The molecular formula is C23H22N2O4. The molecule has 6 nitrogen and oxygen atoms in total. The molecule has 1 aliphatic rings. The molecule has 0 unspecified atom stereocenters. The monoisotopic (exact) mass is 390 g/mol. The molecule has 2 heterocycles. The second-order valence-electron chi connectivity index (χ2n) is 6.87. The first-order valence-corrected chi connectivity index (χ1v) is 9.56. The van der Waals surface area contributed by atoms with Crippen molar-refractivity contribution < 1.29 is 14.3 Å². The van der Waals surface area contributed by atoms with Gasteiger partial charge in [-0.15, -0.1) is 0 Å². The van der Waals surface area contributed by atoms with Crippen LogP contribution in [0.4, 0.5) is 0 Å². The lowest BCUT2D eigenvalue weighted by atomic mass is 10.1. The van der Waals surface area contributed by atoms with Crippen molar-refractivity contribution in [2.75, 3.05) is 19.7 Å². The second kappa shape index (κ2) is 8.75. The number of amides is 1. The molecule has 0 spiro atoms. The van der Waals surface area contributed by atoms with Crippen LogP contribution in [0.2, 0.25) is 0 Å². The van der Waals surface area contributed by atoms with E-state index in [9.17, 15) is 9.59 Å². The summed E-state index contributed by atoms with van der Waals surface area (Å²) in [5.74, 6) is -0.0320. The molecular weight excluding hydrogens is 368 g/mol. The number of rotatable bonds is 5. The lowest BCUT2D eigenvalue weighted by Crippen LogP contribution is -2.42. The number of pyridine rings is 1. The number of carbonyl (C=O) groups excluding carboxylic acids is 1. The minimum atomic E-state index is -0.323. The van der Waals surface area contributed by atoms with Crippen LogP contribution >= 0.6 is 0 Å². The number of morpholine rings is 1. The molecule has 1 N–H and O–H groups in total. The highest BCUT2D eigenvalue weighted by molar-refractivity contribution is 5.92. The van der Waals surface area contributed by atoms with Gasteiger partial charge in [-0.3, -0.25) is 9.59 Å². The van der Waals surface area contributed by atoms with Crippen LogP contribution in [0.25, 0.3) is 0 Å². The van der Waals surface area contributed by atoms with Crippen molar-refractivity contribution in [1.29, 1.82) is 0 Å². The molecule has 1 aliphatic heterocycles. The maximum atomic E-state index is 12.9. The van der Waals surface area contributed by atoms with Crippen LogP contribution in [-0.2, 0) is 11.3 Å². The van der Waals surface area contributed by atoms with Crippen LogP contribution in [-0.4, -0.2) is 35.5 Å². The Balaban J connectivity index is 1.43. The number of aromatic amines is 1.